The van der Waals surface area contributed by atoms with Crippen molar-refractivity contribution in [2.45, 2.75) is 27.2 Å². The minimum atomic E-state index is -0.0537. The third kappa shape index (κ3) is 4.22. The van der Waals surface area contributed by atoms with Crippen LogP contribution in [0.25, 0.3) is 0 Å². The summed E-state index contributed by atoms with van der Waals surface area (Å²) in [6.45, 7) is 6.20. The van der Waals surface area contributed by atoms with Gasteiger partial charge in [0.05, 0.1) is 12.3 Å². The van der Waals surface area contributed by atoms with E-state index >= 15 is 0 Å². The zero-order valence-corrected chi connectivity index (χ0v) is 11.9. The lowest BCUT2D eigenvalue weighted by Crippen LogP contribution is -2.18. The van der Waals surface area contributed by atoms with Crippen molar-refractivity contribution in [3.63, 3.8) is 0 Å². The first kappa shape index (κ1) is 14.8. The van der Waals surface area contributed by atoms with Crippen molar-refractivity contribution in [1.29, 1.82) is 0 Å². The van der Waals surface area contributed by atoms with E-state index in [1.54, 1.807) is 0 Å². The number of amides is 1. The molecule has 0 spiro atoms. The Morgan fingerprint density at radius 3 is 2.72 bits per heavy atom. The fraction of sp³-hybridized carbons (Fsp3) is 0.500. The molecular weight excluding hydrogens is 250 g/mol. The van der Waals surface area contributed by atoms with Crippen molar-refractivity contribution in [3.05, 3.63) is 23.8 Å². The van der Waals surface area contributed by atoms with Crippen molar-refractivity contribution in [2.75, 3.05) is 17.8 Å². The summed E-state index contributed by atoms with van der Waals surface area (Å²) in [6, 6.07) is 5.76. The zero-order chi connectivity index (χ0) is 13.5. The molecule has 0 unspecified atom stereocenters. The van der Waals surface area contributed by atoms with Crippen LogP contribution in [0, 0.1) is 5.92 Å². The molecule has 0 aliphatic heterocycles. The molecular formula is C14H20ClNO2. The van der Waals surface area contributed by atoms with Crippen molar-refractivity contribution >= 4 is 23.2 Å². The molecule has 4 heteroatoms. The summed E-state index contributed by atoms with van der Waals surface area (Å²) in [5, 5.41) is 2.87. The van der Waals surface area contributed by atoms with Gasteiger partial charge in [-0.3, -0.25) is 4.79 Å². The average Bonchev–Trinajstić information content (AvgIpc) is 2.33. The summed E-state index contributed by atoms with van der Waals surface area (Å²) >= 11 is 5.72. The van der Waals surface area contributed by atoms with E-state index in [2.05, 4.69) is 5.32 Å². The van der Waals surface area contributed by atoms with Gasteiger partial charge in [-0.05, 0) is 31.0 Å². The Bertz CT molecular complexity index is 405. The number of hydrogen-bond acceptors (Lipinski definition) is 2. The van der Waals surface area contributed by atoms with Gasteiger partial charge in [-0.15, -0.1) is 11.6 Å². The second kappa shape index (κ2) is 7.27. The average molecular weight is 270 g/mol. The van der Waals surface area contributed by atoms with Gasteiger partial charge in [-0.25, -0.2) is 0 Å². The van der Waals surface area contributed by atoms with Gasteiger partial charge in [0.15, 0.2) is 0 Å². The monoisotopic (exact) mass is 269 g/mol. The topological polar surface area (TPSA) is 38.3 Å². The van der Waals surface area contributed by atoms with Crippen LogP contribution in [-0.4, -0.2) is 18.4 Å². The highest BCUT2D eigenvalue weighted by atomic mass is 35.5. The molecule has 1 aromatic rings. The summed E-state index contributed by atoms with van der Waals surface area (Å²) in [4.78, 5) is 11.7. The highest BCUT2D eigenvalue weighted by Gasteiger charge is 2.11. The Morgan fingerprint density at radius 2 is 2.17 bits per heavy atom. The van der Waals surface area contributed by atoms with Crippen molar-refractivity contribution < 1.29 is 9.53 Å². The van der Waals surface area contributed by atoms with Gasteiger partial charge in [0.25, 0.3) is 0 Å². The molecule has 0 fully saturated rings. The van der Waals surface area contributed by atoms with Crippen LogP contribution >= 0.6 is 11.6 Å². The molecule has 100 valence electrons. The number of benzene rings is 1. The molecule has 0 atom stereocenters. The van der Waals surface area contributed by atoms with E-state index in [9.17, 15) is 4.79 Å². The number of rotatable bonds is 6. The minimum absolute atomic E-state index is 0.0129. The second-order valence-corrected chi connectivity index (χ2v) is 4.72. The third-order valence-electron chi connectivity index (χ3n) is 2.51. The molecule has 3 nitrogen and oxygen atoms in total. The highest BCUT2D eigenvalue weighted by molar-refractivity contribution is 6.18. The van der Waals surface area contributed by atoms with Crippen molar-refractivity contribution in [3.8, 4) is 5.75 Å². The lowest BCUT2D eigenvalue weighted by atomic mass is 10.1. The van der Waals surface area contributed by atoms with Gasteiger partial charge in [-0.1, -0.05) is 19.9 Å². The largest absolute Gasteiger partial charge is 0.492 e. The van der Waals surface area contributed by atoms with E-state index in [1.807, 2.05) is 39.0 Å². The van der Waals surface area contributed by atoms with Crippen LogP contribution in [0.1, 0.15) is 26.3 Å². The van der Waals surface area contributed by atoms with E-state index < -0.39 is 0 Å². The lowest BCUT2D eigenvalue weighted by Gasteiger charge is -2.14. The van der Waals surface area contributed by atoms with E-state index in [4.69, 9.17) is 16.3 Å². The molecule has 18 heavy (non-hydrogen) atoms. The first-order valence-electron chi connectivity index (χ1n) is 6.21. The number of alkyl halides is 1. The van der Waals surface area contributed by atoms with Crippen molar-refractivity contribution in [2.24, 2.45) is 5.92 Å². The second-order valence-electron chi connectivity index (χ2n) is 4.35. The van der Waals surface area contributed by atoms with Gasteiger partial charge in [0.2, 0.25) is 5.91 Å². The van der Waals surface area contributed by atoms with Crippen LogP contribution in [0.5, 0.6) is 5.75 Å². The van der Waals surface area contributed by atoms with Crippen LogP contribution < -0.4 is 10.1 Å². The van der Waals surface area contributed by atoms with E-state index in [0.29, 0.717) is 23.9 Å². The fourth-order valence-electron chi connectivity index (χ4n) is 1.49. The van der Waals surface area contributed by atoms with E-state index in [1.165, 1.54) is 0 Å². The van der Waals surface area contributed by atoms with Crippen molar-refractivity contribution in [1.82, 2.24) is 0 Å². The first-order valence-corrected chi connectivity index (χ1v) is 6.74. The van der Waals surface area contributed by atoms with Crippen LogP contribution in [-0.2, 0) is 11.2 Å². The van der Waals surface area contributed by atoms with E-state index in [0.717, 1.165) is 12.0 Å². The summed E-state index contributed by atoms with van der Waals surface area (Å²) in [5.74, 6) is 1.21. The maximum Gasteiger partial charge on any atom is 0.227 e. The molecule has 0 bridgehead atoms. The predicted octanol–water partition coefficient (Wildman–Crippen LogP) is 3.46. The molecule has 0 aromatic heterocycles. The Hall–Kier alpha value is -1.22. The number of anilines is 1. The molecule has 0 aliphatic rings. The minimum Gasteiger partial charge on any atom is -0.492 e. The Balaban J connectivity index is 2.92. The Kier molecular flexibility index (Phi) is 5.99. The van der Waals surface area contributed by atoms with Crippen LogP contribution in [0.15, 0.2) is 18.2 Å². The fourth-order valence-corrected chi connectivity index (χ4v) is 1.70. The maximum atomic E-state index is 11.7. The summed E-state index contributed by atoms with van der Waals surface area (Å²) in [7, 11) is 0. The number of halogens is 1. The Morgan fingerprint density at radius 1 is 1.44 bits per heavy atom. The maximum absolute atomic E-state index is 11.7. The van der Waals surface area contributed by atoms with Gasteiger partial charge >= 0.3 is 0 Å². The highest BCUT2D eigenvalue weighted by Crippen LogP contribution is 2.26. The summed E-state index contributed by atoms with van der Waals surface area (Å²) in [5.41, 5.74) is 1.82. The van der Waals surface area contributed by atoms with E-state index in [-0.39, 0.29) is 11.8 Å². The number of carbonyl (C=O) groups excluding carboxylic acids is 1. The molecule has 1 amide bonds. The normalized spacial score (nSPS) is 10.5. The molecule has 1 N–H and O–H groups in total. The first-order chi connectivity index (χ1) is 8.58. The molecule has 0 saturated heterocycles. The van der Waals surface area contributed by atoms with Crippen LogP contribution in [0.2, 0.25) is 0 Å². The lowest BCUT2D eigenvalue weighted by molar-refractivity contribution is -0.118. The number of ether oxygens (including phenoxy) is 1. The van der Waals surface area contributed by atoms with Gasteiger partial charge in [0.1, 0.15) is 5.75 Å². The number of carbonyl (C=O) groups is 1. The standard InChI is InChI=1S/C14H20ClNO2/c1-4-18-13-9-11(7-8-15)5-6-12(13)16-14(17)10(2)3/h5-6,9-10H,4,7-8H2,1-3H3,(H,16,17). The molecule has 0 saturated carbocycles. The van der Waals surface area contributed by atoms with Gasteiger partial charge in [0, 0.05) is 11.8 Å². The molecule has 1 rings (SSSR count). The Labute approximate surface area is 113 Å². The molecule has 0 aliphatic carbocycles. The molecule has 0 heterocycles. The third-order valence-corrected chi connectivity index (χ3v) is 2.70. The molecule has 0 radical (unpaired) electrons. The molecule has 1 aromatic carbocycles. The SMILES string of the molecule is CCOc1cc(CCCl)ccc1NC(=O)C(C)C. The number of hydrogen-bond donors (Lipinski definition) is 1. The quantitative estimate of drug-likeness (QED) is 0.803. The number of aryl methyl sites for hydroxylation is 1. The van der Waals surface area contributed by atoms with Gasteiger partial charge in [-0.2, -0.15) is 0 Å². The van der Waals surface area contributed by atoms with Gasteiger partial charge < -0.3 is 10.1 Å². The summed E-state index contributed by atoms with van der Waals surface area (Å²) < 4.78 is 5.55. The zero-order valence-electron chi connectivity index (χ0n) is 11.1. The summed E-state index contributed by atoms with van der Waals surface area (Å²) in [6.07, 6.45) is 0.792. The smallest absolute Gasteiger partial charge is 0.227 e. The number of nitrogens with one attached hydrogen (secondary N) is 1. The van der Waals surface area contributed by atoms with Crippen LogP contribution in [0.3, 0.4) is 0 Å². The van der Waals surface area contributed by atoms with Crippen LogP contribution in [0.4, 0.5) is 5.69 Å². The predicted molar refractivity (Wildman–Crippen MR) is 75.5 cm³/mol.